The van der Waals surface area contributed by atoms with Crippen molar-refractivity contribution in [1.82, 2.24) is 0 Å². The number of ether oxygens (including phenoxy) is 6. The van der Waals surface area contributed by atoms with E-state index < -0.39 is 55.1 Å². The number of hydrogen-bond donors (Lipinski definition) is 4. The molecule has 4 N–H and O–H groups in total. The number of methoxy groups -OCH3 is 1. The summed E-state index contributed by atoms with van der Waals surface area (Å²) in [7, 11) is 1.46. The molecule has 0 aromatic carbocycles. The van der Waals surface area contributed by atoms with Crippen molar-refractivity contribution in [3.8, 4) is 0 Å². The summed E-state index contributed by atoms with van der Waals surface area (Å²) in [5.41, 5.74) is 0. The highest BCUT2D eigenvalue weighted by Gasteiger charge is 2.49. The van der Waals surface area contributed by atoms with Crippen molar-refractivity contribution in [2.45, 2.75) is 82.8 Å². The minimum atomic E-state index is -0.834. The highest BCUT2D eigenvalue weighted by atomic mass is 16.7. The van der Waals surface area contributed by atoms with Gasteiger partial charge in [0, 0.05) is 7.11 Å². The molecule has 174 valence electrons. The van der Waals surface area contributed by atoms with Gasteiger partial charge in [0.2, 0.25) is 0 Å². The van der Waals surface area contributed by atoms with E-state index in [0.717, 1.165) is 0 Å². The van der Waals surface area contributed by atoms with Crippen molar-refractivity contribution in [3.05, 3.63) is 0 Å². The van der Waals surface area contributed by atoms with Crippen LogP contribution in [0.5, 0.6) is 0 Å². The van der Waals surface area contributed by atoms with Crippen molar-refractivity contribution in [2.75, 3.05) is 40.1 Å². The van der Waals surface area contributed by atoms with Gasteiger partial charge in [-0.05, 0) is 27.7 Å². The van der Waals surface area contributed by atoms with Crippen LogP contribution in [-0.4, -0.2) is 116 Å². The van der Waals surface area contributed by atoms with Crippen molar-refractivity contribution in [2.24, 2.45) is 0 Å². The highest BCUT2D eigenvalue weighted by Crippen LogP contribution is 2.29. The molecule has 0 aliphatic carbocycles. The van der Waals surface area contributed by atoms with Crippen LogP contribution in [-0.2, 0) is 28.4 Å². The van der Waals surface area contributed by atoms with E-state index >= 15 is 0 Å². The van der Waals surface area contributed by atoms with Crippen molar-refractivity contribution < 1.29 is 48.8 Å². The molecule has 0 amide bonds. The van der Waals surface area contributed by atoms with Gasteiger partial charge in [-0.1, -0.05) is 0 Å². The fourth-order valence-corrected chi connectivity index (χ4v) is 2.88. The molecule has 0 aromatic heterocycles. The average Bonchev–Trinajstić information content (AvgIpc) is 2.62. The third-order valence-electron chi connectivity index (χ3n) is 4.05. The average molecular weight is 427 g/mol. The SMILES string of the molecule is CO[C@@H]1O[C@H](COCC(C)O)[C@H](OCC(C)O)[C@H](OCC(C)O)[C@@H]1OCC(C)O. The summed E-state index contributed by atoms with van der Waals surface area (Å²) < 4.78 is 34.5. The fraction of sp³-hybridized carbons (Fsp3) is 1.00. The zero-order valence-electron chi connectivity index (χ0n) is 18.0. The fourth-order valence-electron chi connectivity index (χ4n) is 2.88. The Morgan fingerprint density at radius 1 is 0.690 bits per heavy atom. The Morgan fingerprint density at radius 2 is 1.14 bits per heavy atom. The maximum absolute atomic E-state index is 9.68. The molecule has 1 heterocycles. The summed E-state index contributed by atoms with van der Waals surface area (Å²) in [6.45, 7) is 6.65. The molecule has 1 rings (SSSR count). The van der Waals surface area contributed by atoms with E-state index in [1.807, 2.05) is 0 Å². The highest BCUT2D eigenvalue weighted by molar-refractivity contribution is 4.93. The first-order valence-electron chi connectivity index (χ1n) is 9.98. The van der Waals surface area contributed by atoms with Crippen molar-refractivity contribution in [3.63, 3.8) is 0 Å². The quantitative estimate of drug-likeness (QED) is 0.275. The van der Waals surface area contributed by atoms with E-state index in [4.69, 9.17) is 28.4 Å². The van der Waals surface area contributed by atoms with Gasteiger partial charge in [-0.15, -0.1) is 0 Å². The normalized spacial score (nSPS) is 32.0. The lowest BCUT2D eigenvalue weighted by atomic mass is 9.98. The monoisotopic (exact) mass is 426 g/mol. The smallest absolute Gasteiger partial charge is 0.186 e. The molecule has 1 aliphatic heterocycles. The van der Waals surface area contributed by atoms with Gasteiger partial charge in [0.25, 0.3) is 0 Å². The Labute approximate surface area is 172 Å². The summed E-state index contributed by atoms with van der Waals surface area (Å²) in [6, 6.07) is 0. The molecular weight excluding hydrogens is 388 g/mol. The van der Waals surface area contributed by atoms with Crippen LogP contribution in [0.4, 0.5) is 0 Å². The van der Waals surface area contributed by atoms with Gasteiger partial charge >= 0.3 is 0 Å². The van der Waals surface area contributed by atoms with Crippen LogP contribution in [0.25, 0.3) is 0 Å². The molecule has 0 saturated carbocycles. The number of hydrogen-bond acceptors (Lipinski definition) is 10. The first kappa shape index (κ1) is 26.6. The lowest BCUT2D eigenvalue weighted by Gasteiger charge is -2.45. The van der Waals surface area contributed by atoms with Crippen LogP contribution in [0.1, 0.15) is 27.7 Å². The molecule has 1 fully saturated rings. The predicted octanol–water partition coefficient (Wildman–Crippen LogP) is -0.947. The Hall–Kier alpha value is -0.400. The van der Waals surface area contributed by atoms with Gasteiger partial charge < -0.3 is 48.8 Å². The molecule has 0 bridgehead atoms. The predicted molar refractivity (Wildman–Crippen MR) is 102 cm³/mol. The van der Waals surface area contributed by atoms with E-state index in [-0.39, 0.29) is 33.0 Å². The largest absolute Gasteiger partial charge is 0.391 e. The number of aliphatic hydroxyl groups excluding tert-OH is 4. The van der Waals surface area contributed by atoms with E-state index in [0.29, 0.717) is 0 Å². The summed E-state index contributed by atoms with van der Waals surface area (Å²) in [5.74, 6) is 0. The van der Waals surface area contributed by atoms with E-state index in [1.54, 1.807) is 27.7 Å². The Balaban J connectivity index is 3.05. The summed E-state index contributed by atoms with van der Waals surface area (Å²) >= 11 is 0. The topological polar surface area (TPSA) is 136 Å². The number of aliphatic hydroxyl groups is 4. The molecule has 0 aromatic rings. The van der Waals surface area contributed by atoms with E-state index in [9.17, 15) is 20.4 Å². The van der Waals surface area contributed by atoms with Crippen LogP contribution in [0.15, 0.2) is 0 Å². The van der Waals surface area contributed by atoms with Gasteiger partial charge in [-0.3, -0.25) is 0 Å². The molecular formula is C19H38O10. The first-order valence-corrected chi connectivity index (χ1v) is 9.98. The van der Waals surface area contributed by atoms with Crippen LogP contribution < -0.4 is 0 Å². The minimum Gasteiger partial charge on any atom is -0.391 e. The van der Waals surface area contributed by atoms with Crippen LogP contribution in [0, 0.1) is 0 Å². The molecule has 1 saturated heterocycles. The molecule has 10 heteroatoms. The van der Waals surface area contributed by atoms with Gasteiger partial charge in [0.1, 0.15) is 24.4 Å². The van der Waals surface area contributed by atoms with Gasteiger partial charge in [0.15, 0.2) is 6.29 Å². The maximum atomic E-state index is 9.68. The van der Waals surface area contributed by atoms with Crippen LogP contribution in [0.3, 0.4) is 0 Å². The lowest BCUT2D eigenvalue weighted by molar-refractivity contribution is -0.323. The van der Waals surface area contributed by atoms with Gasteiger partial charge in [-0.25, -0.2) is 0 Å². The Bertz CT molecular complexity index is 418. The summed E-state index contributed by atoms with van der Waals surface area (Å²) in [4.78, 5) is 0. The van der Waals surface area contributed by atoms with Crippen LogP contribution >= 0.6 is 0 Å². The molecule has 10 nitrogen and oxygen atoms in total. The van der Waals surface area contributed by atoms with E-state index in [2.05, 4.69) is 0 Å². The Kier molecular flexibility index (Phi) is 12.7. The second kappa shape index (κ2) is 13.8. The van der Waals surface area contributed by atoms with Gasteiger partial charge in [0.05, 0.1) is 57.5 Å². The second-order valence-electron chi connectivity index (χ2n) is 7.61. The van der Waals surface area contributed by atoms with Crippen molar-refractivity contribution >= 4 is 0 Å². The van der Waals surface area contributed by atoms with Gasteiger partial charge in [-0.2, -0.15) is 0 Å². The summed E-state index contributed by atoms with van der Waals surface area (Å²) in [5, 5.41) is 38.4. The molecule has 0 radical (unpaired) electrons. The summed E-state index contributed by atoms with van der Waals surface area (Å²) in [6.07, 6.45) is -6.44. The number of rotatable bonds is 14. The molecule has 29 heavy (non-hydrogen) atoms. The molecule has 1 aliphatic rings. The zero-order valence-corrected chi connectivity index (χ0v) is 18.0. The lowest BCUT2D eigenvalue weighted by Crippen LogP contribution is -2.62. The van der Waals surface area contributed by atoms with Crippen molar-refractivity contribution in [1.29, 1.82) is 0 Å². The van der Waals surface area contributed by atoms with E-state index in [1.165, 1.54) is 7.11 Å². The molecule has 9 atom stereocenters. The maximum Gasteiger partial charge on any atom is 0.186 e. The molecule has 0 spiro atoms. The molecule has 4 unspecified atom stereocenters. The third kappa shape index (κ3) is 9.97. The van der Waals surface area contributed by atoms with Crippen LogP contribution in [0.2, 0.25) is 0 Å². The standard InChI is InChI=1S/C19H38O10/c1-11(20)6-25-10-15-16(26-7-12(2)21)17(27-8-13(3)22)18(19(24-5)29-15)28-9-14(4)23/h11-23H,6-10H2,1-5H3/t11?,12?,13?,14?,15-,16+,17+,18+,19-/m1/s1. The first-order chi connectivity index (χ1) is 13.6. The Morgan fingerprint density at radius 3 is 1.59 bits per heavy atom. The minimum absolute atomic E-state index is 0.0193. The second-order valence-corrected chi connectivity index (χ2v) is 7.61. The third-order valence-corrected chi connectivity index (χ3v) is 4.05. The zero-order chi connectivity index (χ0) is 22.0.